The summed E-state index contributed by atoms with van der Waals surface area (Å²) in [6, 6.07) is 3.61. The zero-order chi connectivity index (χ0) is 15.7. The maximum Gasteiger partial charge on any atom is 0.123 e. The van der Waals surface area contributed by atoms with Crippen molar-refractivity contribution >= 4 is 0 Å². The molecule has 120 valence electrons. The van der Waals surface area contributed by atoms with Crippen LogP contribution in [0.2, 0.25) is 0 Å². The van der Waals surface area contributed by atoms with E-state index in [1.807, 2.05) is 6.07 Å². The Balaban J connectivity index is 1.84. The van der Waals surface area contributed by atoms with Gasteiger partial charge in [0.2, 0.25) is 0 Å². The van der Waals surface area contributed by atoms with Gasteiger partial charge in [0.25, 0.3) is 0 Å². The van der Waals surface area contributed by atoms with E-state index in [2.05, 4.69) is 20.8 Å². The zero-order valence-corrected chi connectivity index (χ0v) is 14.0. The summed E-state index contributed by atoms with van der Waals surface area (Å²) in [4.78, 5) is 0. The van der Waals surface area contributed by atoms with Crippen LogP contribution < -0.4 is 0 Å². The minimum absolute atomic E-state index is 0.123. The van der Waals surface area contributed by atoms with E-state index < -0.39 is 0 Å². The molecule has 4 fully saturated rings. The standard InChI is InChI=1S/C20H28O2/c1-19(2,3)16-7-15(21)8-17(18(16)22)20-9-12-4-13(10-20)6-14(5-12)11-20/h7-8,12-14,21-22H,4-6,9-11H2,1-3H3. The summed E-state index contributed by atoms with van der Waals surface area (Å²) in [7, 11) is 0. The maximum absolute atomic E-state index is 11.0. The van der Waals surface area contributed by atoms with E-state index in [1.165, 1.54) is 38.5 Å². The molecule has 0 spiro atoms. The average Bonchev–Trinajstić information content (AvgIpc) is 2.38. The molecule has 5 rings (SSSR count). The van der Waals surface area contributed by atoms with Crippen molar-refractivity contribution in [3.63, 3.8) is 0 Å². The van der Waals surface area contributed by atoms with E-state index >= 15 is 0 Å². The SMILES string of the molecule is CC(C)(C)c1cc(O)cc(C23CC4CC(CC(C4)C2)C3)c1O. The van der Waals surface area contributed by atoms with Crippen LogP contribution in [-0.2, 0) is 10.8 Å². The highest BCUT2D eigenvalue weighted by Gasteiger charge is 2.52. The average molecular weight is 300 g/mol. The van der Waals surface area contributed by atoms with Crippen LogP contribution in [0, 0.1) is 17.8 Å². The number of phenols is 2. The Morgan fingerprint density at radius 3 is 1.86 bits per heavy atom. The molecule has 0 heterocycles. The van der Waals surface area contributed by atoms with Crippen molar-refractivity contribution in [1.29, 1.82) is 0 Å². The lowest BCUT2D eigenvalue weighted by molar-refractivity contribution is -0.00631. The fourth-order valence-electron chi connectivity index (χ4n) is 6.04. The number of aromatic hydroxyl groups is 2. The molecule has 2 heteroatoms. The van der Waals surface area contributed by atoms with Gasteiger partial charge in [0.05, 0.1) is 0 Å². The van der Waals surface area contributed by atoms with Gasteiger partial charge in [0.15, 0.2) is 0 Å². The van der Waals surface area contributed by atoms with Gasteiger partial charge in [0, 0.05) is 11.1 Å². The second-order valence-corrected chi connectivity index (χ2v) is 9.34. The number of hydrogen-bond acceptors (Lipinski definition) is 2. The molecule has 0 saturated heterocycles. The van der Waals surface area contributed by atoms with E-state index in [4.69, 9.17) is 0 Å². The highest BCUT2D eigenvalue weighted by molar-refractivity contribution is 5.52. The quantitative estimate of drug-likeness (QED) is 0.727. The monoisotopic (exact) mass is 300 g/mol. The first-order chi connectivity index (χ1) is 10.3. The van der Waals surface area contributed by atoms with Gasteiger partial charge < -0.3 is 10.2 Å². The summed E-state index contributed by atoms with van der Waals surface area (Å²) in [5.41, 5.74) is 1.90. The Labute approximate surface area is 133 Å². The lowest BCUT2D eigenvalue weighted by atomic mass is 9.48. The predicted molar refractivity (Wildman–Crippen MR) is 88.3 cm³/mol. The van der Waals surface area contributed by atoms with E-state index in [9.17, 15) is 10.2 Å². The van der Waals surface area contributed by atoms with Crippen LogP contribution in [0.1, 0.15) is 70.4 Å². The summed E-state index contributed by atoms with van der Waals surface area (Å²) in [5, 5.41) is 21.3. The lowest BCUT2D eigenvalue weighted by Crippen LogP contribution is -2.48. The number of phenolic OH excluding ortho intramolecular Hbond substituents is 2. The topological polar surface area (TPSA) is 40.5 Å². The van der Waals surface area contributed by atoms with Crippen molar-refractivity contribution in [2.24, 2.45) is 17.8 Å². The van der Waals surface area contributed by atoms with Gasteiger partial charge in [-0.25, -0.2) is 0 Å². The third-order valence-electron chi connectivity index (χ3n) is 6.51. The molecule has 22 heavy (non-hydrogen) atoms. The Bertz CT molecular complexity index is 574. The molecule has 4 saturated carbocycles. The van der Waals surface area contributed by atoms with Crippen molar-refractivity contribution in [1.82, 2.24) is 0 Å². The van der Waals surface area contributed by atoms with Crippen LogP contribution in [0.15, 0.2) is 12.1 Å². The summed E-state index contributed by atoms with van der Waals surface area (Å²) in [6.07, 6.45) is 7.81. The summed E-state index contributed by atoms with van der Waals surface area (Å²) in [5.74, 6) is 3.28. The van der Waals surface area contributed by atoms with Gasteiger partial charge in [-0.15, -0.1) is 0 Å². The van der Waals surface area contributed by atoms with E-state index in [0.29, 0.717) is 11.5 Å². The maximum atomic E-state index is 11.0. The largest absolute Gasteiger partial charge is 0.508 e. The molecule has 2 nitrogen and oxygen atoms in total. The first kappa shape index (κ1) is 14.4. The third-order valence-corrected chi connectivity index (χ3v) is 6.51. The van der Waals surface area contributed by atoms with Crippen molar-refractivity contribution in [3.05, 3.63) is 23.3 Å². The third kappa shape index (κ3) is 2.06. The molecular formula is C20H28O2. The van der Waals surface area contributed by atoms with E-state index in [-0.39, 0.29) is 10.8 Å². The number of benzene rings is 1. The summed E-state index contributed by atoms with van der Waals surface area (Å²) >= 11 is 0. The van der Waals surface area contributed by atoms with E-state index in [1.54, 1.807) is 6.07 Å². The minimum Gasteiger partial charge on any atom is -0.508 e. The van der Waals surface area contributed by atoms with Crippen LogP contribution in [-0.4, -0.2) is 10.2 Å². The van der Waals surface area contributed by atoms with Gasteiger partial charge in [-0.05, 0) is 79.2 Å². The number of hydrogen-bond donors (Lipinski definition) is 2. The van der Waals surface area contributed by atoms with Gasteiger partial charge in [0.1, 0.15) is 11.5 Å². The molecule has 0 aromatic heterocycles. The molecule has 4 bridgehead atoms. The first-order valence-corrected chi connectivity index (χ1v) is 8.84. The Morgan fingerprint density at radius 1 is 0.909 bits per heavy atom. The molecule has 1 aromatic rings. The van der Waals surface area contributed by atoms with Crippen molar-refractivity contribution in [2.45, 2.75) is 70.1 Å². The van der Waals surface area contributed by atoms with Gasteiger partial charge in [-0.2, -0.15) is 0 Å². The fraction of sp³-hybridized carbons (Fsp3) is 0.700. The van der Waals surface area contributed by atoms with Crippen molar-refractivity contribution < 1.29 is 10.2 Å². The smallest absolute Gasteiger partial charge is 0.123 e. The normalized spacial score (nSPS) is 36.8. The van der Waals surface area contributed by atoms with E-state index in [0.717, 1.165) is 28.9 Å². The van der Waals surface area contributed by atoms with Gasteiger partial charge in [-0.1, -0.05) is 20.8 Å². The van der Waals surface area contributed by atoms with Gasteiger partial charge >= 0.3 is 0 Å². The van der Waals surface area contributed by atoms with Crippen LogP contribution >= 0.6 is 0 Å². The molecule has 4 aliphatic rings. The molecule has 4 aliphatic carbocycles. The highest BCUT2D eigenvalue weighted by atomic mass is 16.3. The first-order valence-electron chi connectivity index (χ1n) is 8.84. The van der Waals surface area contributed by atoms with Crippen LogP contribution in [0.4, 0.5) is 0 Å². The van der Waals surface area contributed by atoms with Crippen LogP contribution in [0.25, 0.3) is 0 Å². The lowest BCUT2D eigenvalue weighted by Gasteiger charge is -2.57. The second-order valence-electron chi connectivity index (χ2n) is 9.34. The molecule has 1 aromatic carbocycles. The molecular weight excluding hydrogens is 272 g/mol. The molecule has 0 radical (unpaired) electrons. The second kappa shape index (κ2) is 4.43. The molecule has 0 aliphatic heterocycles. The van der Waals surface area contributed by atoms with Crippen molar-refractivity contribution in [3.8, 4) is 11.5 Å². The molecule has 0 unspecified atom stereocenters. The molecule has 0 atom stereocenters. The molecule has 2 N–H and O–H groups in total. The fourth-order valence-corrected chi connectivity index (χ4v) is 6.04. The minimum atomic E-state index is -0.153. The van der Waals surface area contributed by atoms with Gasteiger partial charge in [-0.3, -0.25) is 0 Å². The molecule has 0 amide bonds. The summed E-state index contributed by atoms with van der Waals surface area (Å²) in [6.45, 7) is 6.31. The van der Waals surface area contributed by atoms with Crippen LogP contribution in [0.5, 0.6) is 11.5 Å². The van der Waals surface area contributed by atoms with Crippen LogP contribution in [0.3, 0.4) is 0 Å². The highest BCUT2D eigenvalue weighted by Crippen LogP contribution is 2.62. The Kier molecular flexibility index (Phi) is 2.90. The number of rotatable bonds is 1. The Hall–Kier alpha value is -1.18. The zero-order valence-electron chi connectivity index (χ0n) is 14.0. The van der Waals surface area contributed by atoms with Crippen molar-refractivity contribution in [2.75, 3.05) is 0 Å². The predicted octanol–water partition coefficient (Wildman–Crippen LogP) is 4.86. The Morgan fingerprint density at radius 2 is 1.41 bits per heavy atom. The summed E-state index contributed by atoms with van der Waals surface area (Å²) < 4.78 is 0.